The first-order valence-electron chi connectivity index (χ1n) is 7.71. The Morgan fingerprint density at radius 3 is 2.64 bits per heavy atom. The first kappa shape index (κ1) is 16.5. The van der Waals surface area contributed by atoms with E-state index in [9.17, 15) is 10.1 Å². The first-order valence-corrected chi connectivity index (χ1v) is 7.71. The predicted octanol–water partition coefficient (Wildman–Crippen LogP) is 3.22. The largest absolute Gasteiger partial charge is 0.465 e. The second-order valence-electron chi connectivity index (χ2n) is 6.37. The van der Waals surface area contributed by atoms with Crippen LogP contribution in [-0.4, -0.2) is 24.8 Å². The minimum absolute atomic E-state index is 0.280. The van der Waals surface area contributed by atoms with Gasteiger partial charge in [-0.3, -0.25) is 4.79 Å². The zero-order valence-corrected chi connectivity index (χ0v) is 13.5. The van der Waals surface area contributed by atoms with Gasteiger partial charge in [0.25, 0.3) is 0 Å². The Labute approximate surface area is 132 Å². The second kappa shape index (κ2) is 6.50. The molecule has 1 fully saturated rings. The van der Waals surface area contributed by atoms with Crippen molar-refractivity contribution in [2.75, 3.05) is 13.2 Å². The van der Waals surface area contributed by atoms with Crippen molar-refractivity contribution >= 4 is 5.97 Å². The standard InChI is InChI=1S/C18H23NO3/c1-4-21-16(20)15(12-19)18(14-8-6-5-7-9-14)10-11-22-17(2,3)13-18/h5-9,15H,4,10-11,13H2,1-3H3/t15-,18+/m1/s1. The SMILES string of the molecule is CCOC(=O)[C@@H](C#N)[C@@]1(c2ccccc2)CCOC(C)(C)C1. The van der Waals surface area contributed by atoms with Crippen LogP contribution in [0, 0.1) is 17.2 Å². The highest BCUT2D eigenvalue weighted by molar-refractivity contribution is 5.77. The maximum atomic E-state index is 12.4. The fourth-order valence-corrected chi connectivity index (χ4v) is 3.47. The predicted molar refractivity (Wildman–Crippen MR) is 83.1 cm³/mol. The van der Waals surface area contributed by atoms with Crippen LogP contribution in [0.15, 0.2) is 30.3 Å². The minimum Gasteiger partial charge on any atom is -0.465 e. The van der Waals surface area contributed by atoms with Crippen molar-refractivity contribution in [3.8, 4) is 6.07 Å². The van der Waals surface area contributed by atoms with Crippen LogP contribution in [-0.2, 0) is 19.7 Å². The fourth-order valence-electron chi connectivity index (χ4n) is 3.47. The quantitative estimate of drug-likeness (QED) is 0.801. The molecule has 22 heavy (non-hydrogen) atoms. The third kappa shape index (κ3) is 3.15. The lowest BCUT2D eigenvalue weighted by Crippen LogP contribution is -2.50. The second-order valence-corrected chi connectivity index (χ2v) is 6.37. The van der Waals surface area contributed by atoms with E-state index in [-0.39, 0.29) is 12.2 Å². The molecule has 0 unspecified atom stereocenters. The van der Waals surface area contributed by atoms with Gasteiger partial charge in [0.05, 0.1) is 18.3 Å². The van der Waals surface area contributed by atoms with Crippen molar-refractivity contribution in [3.05, 3.63) is 35.9 Å². The number of carbonyl (C=O) groups excluding carboxylic acids is 1. The molecule has 0 saturated carbocycles. The average molecular weight is 301 g/mol. The van der Waals surface area contributed by atoms with Gasteiger partial charge >= 0.3 is 5.97 Å². The molecule has 1 heterocycles. The molecule has 1 aromatic carbocycles. The van der Waals surface area contributed by atoms with Gasteiger partial charge in [0, 0.05) is 12.0 Å². The third-order valence-electron chi connectivity index (χ3n) is 4.33. The number of carbonyl (C=O) groups is 1. The molecule has 0 spiro atoms. The molecule has 118 valence electrons. The molecule has 4 heteroatoms. The molecule has 0 amide bonds. The zero-order chi connectivity index (χ0) is 16.2. The van der Waals surface area contributed by atoms with Crippen molar-refractivity contribution in [2.45, 2.75) is 44.6 Å². The lowest BCUT2D eigenvalue weighted by molar-refractivity contribution is -0.153. The lowest BCUT2D eigenvalue weighted by Gasteiger charge is -2.46. The highest BCUT2D eigenvalue weighted by Gasteiger charge is 2.51. The van der Waals surface area contributed by atoms with Crippen LogP contribution in [0.2, 0.25) is 0 Å². The van der Waals surface area contributed by atoms with E-state index in [0.717, 1.165) is 5.56 Å². The number of hydrogen-bond acceptors (Lipinski definition) is 4. The number of nitriles is 1. The topological polar surface area (TPSA) is 59.3 Å². The van der Waals surface area contributed by atoms with Gasteiger partial charge in [-0.2, -0.15) is 5.26 Å². The molecular weight excluding hydrogens is 278 g/mol. The Hall–Kier alpha value is -1.86. The van der Waals surface area contributed by atoms with Gasteiger partial charge in [-0.15, -0.1) is 0 Å². The van der Waals surface area contributed by atoms with Gasteiger partial charge in [0.1, 0.15) is 0 Å². The molecule has 0 aliphatic carbocycles. The van der Waals surface area contributed by atoms with Gasteiger partial charge in [-0.05, 0) is 39.2 Å². The molecule has 0 N–H and O–H groups in total. The zero-order valence-electron chi connectivity index (χ0n) is 13.5. The highest BCUT2D eigenvalue weighted by Crippen LogP contribution is 2.47. The van der Waals surface area contributed by atoms with E-state index in [1.807, 2.05) is 44.2 Å². The normalized spacial score (nSPS) is 25.0. The summed E-state index contributed by atoms with van der Waals surface area (Å²) < 4.78 is 11.0. The van der Waals surface area contributed by atoms with Crippen LogP contribution < -0.4 is 0 Å². The number of esters is 1. The maximum absolute atomic E-state index is 12.4. The Bertz CT molecular complexity index is 561. The number of ether oxygens (including phenoxy) is 2. The van der Waals surface area contributed by atoms with E-state index >= 15 is 0 Å². The van der Waals surface area contributed by atoms with Crippen molar-refractivity contribution in [1.82, 2.24) is 0 Å². The van der Waals surface area contributed by atoms with Crippen LogP contribution in [0.4, 0.5) is 0 Å². The molecule has 0 aromatic heterocycles. The molecule has 4 nitrogen and oxygen atoms in total. The van der Waals surface area contributed by atoms with E-state index in [1.54, 1.807) is 6.92 Å². The average Bonchev–Trinajstić information content (AvgIpc) is 2.48. The molecule has 1 aliphatic heterocycles. The smallest absolute Gasteiger partial charge is 0.324 e. The summed E-state index contributed by atoms with van der Waals surface area (Å²) in [6.07, 6.45) is 1.25. The van der Waals surface area contributed by atoms with Crippen LogP contribution in [0.1, 0.15) is 39.2 Å². The summed E-state index contributed by atoms with van der Waals surface area (Å²) in [6, 6.07) is 12.0. The number of nitrogens with zero attached hydrogens (tertiary/aromatic N) is 1. The van der Waals surface area contributed by atoms with E-state index < -0.39 is 17.3 Å². The summed E-state index contributed by atoms with van der Waals surface area (Å²) in [7, 11) is 0. The summed E-state index contributed by atoms with van der Waals surface area (Å²) in [6.45, 7) is 6.57. The van der Waals surface area contributed by atoms with Crippen molar-refractivity contribution in [1.29, 1.82) is 5.26 Å². The summed E-state index contributed by atoms with van der Waals surface area (Å²) in [5.41, 5.74) is 0.0608. The Kier molecular flexibility index (Phi) is 4.87. The molecular formula is C18H23NO3. The summed E-state index contributed by atoms with van der Waals surface area (Å²) in [5.74, 6) is -1.26. The van der Waals surface area contributed by atoms with E-state index in [4.69, 9.17) is 9.47 Å². The fraction of sp³-hybridized carbons (Fsp3) is 0.556. The Morgan fingerprint density at radius 2 is 2.09 bits per heavy atom. The van der Waals surface area contributed by atoms with Crippen LogP contribution in [0.25, 0.3) is 0 Å². The van der Waals surface area contributed by atoms with E-state index in [1.165, 1.54) is 0 Å². The maximum Gasteiger partial charge on any atom is 0.324 e. The molecule has 1 aromatic rings. The molecule has 0 radical (unpaired) electrons. The van der Waals surface area contributed by atoms with Crippen molar-refractivity contribution < 1.29 is 14.3 Å². The molecule has 2 atom stereocenters. The molecule has 0 bridgehead atoms. The number of benzene rings is 1. The first-order chi connectivity index (χ1) is 10.4. The summed E-state index contributed by atoms with van der Waals surface area (Å²) in [4.78, 5) is 12.4. The van der Waals surface area contributed by atoms with Crippen LogP contribution in [0.5, 0.6) is 0 Å². The van der Waals surface area contributed by atoms with Gasteiger partial charge < -0.3 is 9.47 Å². The van der Waals surface area contributed by atoms with Crippen LogP contribution in [0.3, 0.4) is 0 Å². The van der Waals surface area contributed by atoms with Gasteiger partial charge in [0.15, 0.2) is 5.92 Å². The molecule has 2 rings (SSSR count). The summed E-state index contributed by atoms with van der Waals surface area (Å²) >= 11 is 0. The van der Waals surface area contributed by atoms with Crippen LogP contribution >= 0.6 is 0 Å². The molecule has 1 aliphatic rings. The summed E-state index contributed by atoms with van der Waals surface area (Å²) in [5, 5.41) is 9.68. The van der Waals surface area contributed by atoms with Gasteiger partial charge in [0.2, 0.25) is 0 Å². The number of rotatable bonds is 4. The van der Waals surface area contributed by atoms with E-state index in [0.29, 0.717) is 19.4 Å². The Morgan fingerprint density at radius 1 is 1.41 bits per heavy atom. The Balaban J connectivity index is 2.50. The van der Waals surface area contributed by atoms with E-state index in [2.05, 4.69) is 6.07 Å². The minimum atomic E-state index is -0.821. The monoisotopic (exact) mass is 301 g/mol. The number of hydrogen-bond donors (Lipinski definition) is 0. The van der Waals surface area contributed by atoms with Crippen molar-refractivity contribution in [2.24, 2.45) is 5.92 Å². The molecule has 1 saturated heterocycles. The third-order valence-corrected chi connectivity index (χ3v) is 4.33. The highest BCUT2D eigenvalue weighted by atomic mass is 16.5. The lowest BCUT2D eigenvalue weighted by atomic mass is 9.62. The van der Waals surface area contributed by atoms with Crippen molar-refractivity contribution in [3.63, 3.8) is 0 Å². The van der Waals surface area contributed by atoms with Gasteiger partial charge in [-0.1, -0.05) is 30.3 Å². The van der Waals surface area contributed by atoms with Gasteiger partial charge in [-0.25, -0.2) is 0 Å².